The number of hydrogen-bond donors (Lipinski definition) is 2. The molecule has 0 fully saturated rings. The Balaban J connectivity index is 1.50. The molecule has 0 saturated heterocycles. The number of amides is 1. The fraction of sp³-hybridized carbons (Fsp3) is 0.158. The van der Waals surface area contributed by atoms with Crippen molar-refractivity contribution in [3.63, 3.8) is 0 Å². The van der Waals surface area contributed by atoms with Crippen LogP contribution in [0, 0.1) is 13.8 Å². The van der Waals surface area contributed by atoms with Crippen molar-refractivity contribution in [2.75, 3.05) is 12.4 Å². The normalized spacial score (nSPS) is 10.8. The lowest BCUT2D eigenvalue weighted by Crippen LogP contribution is -2.12. The highest BCUT2D eigenvalue weighted by molar-refractivity contribution is 6.02. The number of methoxy groups -OCH3 is 1. The molecule has 0 bridgehead atoms. The first-order chi connectivity index (χ1) is 13.5. The summed E-state index contributed by atoms with van der Waals surface area (Å²) in [4.78, 5) is 12.4. The van der Waals surface area contributed by atoms with Gasteiger partial charge in [-0.25, -0.2) is 0 Å². The molecule has 4 aromatic rings. The molecule has 0 aliphatic rings. The van der Waals surface area contributed by atoms with E-state index in [-0.39, 0.29) is 17.6 Å². The molecule has 0 radical (unpaired) electrons. The lowest BCUT2D eigenvalue weighted by molar-refractivity contribution is 0.101. The topological polar surface area (TPSA) is 119 Å². The minimum atomic E-state index is -0.447. The van der Waals surface area contributed by atoms with E-state index in [0.717, 1.165) is 11.3 Å². The number of ether oxygens (including phenoxy) is 1. The van der Waals surface area contributed by atoms with Crippen molar-refractivity contribution in [2.45, 2.75) is 13.8 Å². The van der Waals surface area contributed by atoms with Gasteiger partial charge in [0.15, 0.2) is 0 Å². The first kappa shape index (κ1) is 17.5. The molecule has 28 heavy (non-hydrogen) atoms. The number of anilines is 1. The van der Waals surface area contributed by atoms with Gasteiger partial charge in [0.1, 0.15) is 23.0 Å². The maximum Gasteiger partial charge on any atom is 0.322 e. The predicted molar refractivity (Wildman–Crippen MR) is 100 cm³/mol. The lowest BCUT2D eigenvalue weighted by atomic mass is 10.1. The number of aromatic nitrogens is 4. The monoisotopic (exact) mass is 379 g/mol. The smallest absolute Gasteiger partial charge is 0.322 e. The Morgan fingerprint density at radius 2 is 2.00 bits per heavy atom. The lowest BCUT2D eigenvalue weighted by Gasteiger charge is -2.01. The van der Waals surface area contributed by atoms with Gasteiger partial charge in [0.05, 0.1) is 18.4 Å². The summed E-state index contributed by atoms with van der Waals surface area (Å²) in [5.74, 6) is 1.92. The Labute approximate surface area is 159 Å². The summed E-state index contributed by atoms with van der Waals surface area (Å²) in [7, 11) is 1.59. The van der Waals surface area contributed by atoms with Crippen molar-refractivity contribution in [3.05, 3.63) is 53.6 Å². The highest BCUT2D eigenvalue weighted by atomic mass is 16.5. The van der Waals surface area contributed by atoms with Crippen molar-refractivity contribution in [3.8, 4) is 28.5 Å². The minimum absolute atomic E-state index is 0.0178. The molecule has 142 valence electrons. The van der Waals surface area contributed by atoms with Crippen LogP contribution >= 0.6 is 0 Å². The molecule has 0 unspecified atom stereocenters. The number of aromatic amines is 1. The highest BCUT2D eigenvalue weighted by Gasteiger charge is 2.18. The van der Waals surface area contributed by atoms with Crippen LogP contribution in [0.3, 0.4) is 0 Å². The number of nitrogens with one attached hydrogen (secondary N) is 2. The number of carbonyl (C=O) groups excluding carboxylic acids is 1. The fourth-order valence-electron chi connectivity index (χ4n) is 2.76. The summed E-state index contributed by atoms with van der Waals surface area (Å²) in [5, 5.41) is 17.2. The van der Waals surface area contributed by atoms with Crippen molar-refractivity contribution >= 4 is 11.9 Å². The maximum absolute atomic E-state index is 12.4. The van der Waals surface area contributed by atoms with Crippen LogP contribution in [0.5, 0.6) is 5.75 Å². The number of aryl methyl sites for hydroxylation is 2. The Bertz CT molecular complexity index is 1140. The SMILES string of the molecule is COc1cccc(-c2cc(C(=O)Nc3nnc(-c4cc(C)oc4C)o3)[nH]n2)c1. The second-order valence-electron chi connectivity index (χ2n) is 6.09. The number of carbonyl (C=O) groups is 1. The van der Waals surface area contributed by atoms with Crippen molar-refractivity contribution in [2.24, 2.45) is 0 Å². The second kappa shape index (κ2) is 7.03. The van der Waals surface area contributed by atoms with Crippen molar-refractivity contribution in [1.29, 1.82) is 0 Å². The molecule has 3 aromatic heterocycles. The molecule has 9 heteroatoms. The largest absolute Gasteiger partial charge is 0.497 e. The first-order valence-electron chi connectivity index (χ1n) is 8.45. The van der Waals surface area contributed by atoms with Gasteiger partial charge in [0.25, 0.3) is 11.8 Å². The van der Waals surface area contributed by atoms with Crippen LogP contribution in [0.2, 0.25) is 0 Å². The van der Waals surface area contributed by atoms with Crippen LogP contribution < -0.4 is 10.1 Å². The van der Waals surface area contributed by atoms with E-state index in [2.05, 4.69) is 25.7 Å². The zero-order valence-corrected chi connectivity index (χ0v) is 15.4. The Kier molecular flexibility index (Phi) is 4.40. The van der Waals surface area contributed by atoms with Gasteiger partial charge in [-0.1, -0.05) is 17.2 Å². The van der Waals surface area contributed by atoms with E-state index in [4.69, 9.17) is 13.6 Å². The van der Waals surface area contributed by atoms with Crippen LogP contribution in [-0.2, 0) is 0 Å². The van der Waals surface area contributed by atoms with E-state index in [1.54, 1.807) is 26.2 Å². The van der Waals surface area contributed by atoms with Gasteiger partial charge in [-0.05, 0) is 38.1 Å². The van der Waals surface area contributed by atoms with Gasteiger partial charge in [0, 0.05) is 5.56 Å². The van der Waals surface area contributed by atoms with Crippen LogP contribution in [0.1, 0.15) is 22.0 Å². The zero-order valence-electron chi connectivity index (χ0n) is 15.4. The van der Waals surface area contributed by atoms with Gasteiger partial charge >= 0.3 is 6.01 Å². The Morgan fingerprint density at radius 1 is 1.14 bits per heavy atom. The summed E-state index contributed by atoms with van der Waals surface area (Å²) >= 11 is 0. The van der Waals surface area contributed by atoms with E-state index in [1.807, 2.05) is 31.2 Å². The molecule has 0 atom stereocenters. The average molecular weight is 379 g/mol. The number of H-pyrrole nitrogens is 1. The van der Waals surface area contributed by atoms with Crippen LogP contribution in [0.4, 0.5) is 6.01 Å². The van der Waals surface area contributed by atoms with E-state index >= 15 is 0 Å². The third kappa shape index (κ3) is 3.37. The van der Waals surface area contributed by atoms with Crippen LogP contribution in [-0.4, -0.2) is 33.4 Å². The third-order valence-electron chi connectivity index (χ3n) is 4.10. The molecule has 1 amide bonds. The van der Waals surface area contributed by atoms with Crippen molar-refractivity contribution in [1.82, 2.24) is 20.4 Å². The molecular formula is C19H17N5O4. The summed E-state index contributed by atoms with van der Waals surface area (Å²) in [5.41, 5.74) is 2.38. The Morgan fingerprint density at radius 3 is 2.75 bits per heavy atom. The summed E-state index contributed by atoms with van der Waals surface area (Å²) in [6.07, 6.45) is 0. The second-order valence-corrected chi connectivity index (χ2v) is 6.09. The van der Waals surface area contributed by atoms with Gasteiger partial charge in [0.2, 0.25) is 0 Å². The number of hydrogen-bond acceptors (Lipinski definition) is 7. The molecule has 1 aromatic carbocycles. The van der Waals surface area contributed by atoms with Gasteiger partial charge in [-0.2, -0.15) is 5.10 Å². The van der Waals surface area contributed by atoms with E-state index in [9.17, 15) is 4.79 Å². The number of furan rings is 1. The highest BCUT2D eigenvalue weighted by Crippen LogP contribution is 2.27. The van der Waals surface area contributed by atoms with Crippen LogP contribution in [0.25, 0.3) is 22.7 Å². The molecular weight excluding hydrogens is 362 g/mol. The average Bonchev–Trinajstić information content (AvgIpc) is 3.41. The fourth-order valence-corrected chi connectivity index (χ4v) is 2.76. The summed E-state index contributed by atoms with van der Waals surface area (Å²) in [6.45, 7) is 3.63. The standard InChI is InChI=1S/C19H17N5O4/c1-10-7-14(11(2)27-10)18-23-24-19(28-18)20-17(25)16-9-15(21-22-16)12-5-4-6-13(8-12)26-3/h4-9H,1-3H3,(H,21,22)(H,20,24,25). The van der Waals surface area contributed by atoms with E-state index in [1.165, 1.54) is 0 Å². The molecule has 0 aliphatic carbocycles. The molecule has 0 aliphatic heterocycles. The summed E-state index contributed by atoms with van der Waals surface area (Å²) in [6, 6.07) is 10.8. The molecule has 3 heterocycles. The maximum atomic E-state index is 12.4. The molecule has 0 saturated carbocycles. The minimum Gasteiger partial charge on any atom is -0.497 e. The van der Waals surface area contributed by atoms with Gasteiger partial charge in [-0.15, -0.1) is 5.10 Å². The van der Waals surface area contributed by atoms with Gasteiger partial charge < -0.3 is 13.6 Å². The Hall–Kier alpha value is -3.88. The molecule has 2 N–H and O–H groups in total. The molecule has 4 rings (SSSR count). The van der Waals surface area contributed by atoms with Crippen LogP contribution in [0.15, 0.2) is 45.2 Å². The molecule has 0 spiro atoms. The van der Waals surface area contributed by atoms with Crippen molar-refractivity contribution < 1.29 is 18.4 Å². The number of nitrogens with zero attached hydrogens (tertiary/aromatic N) is 3. The number of benzene rings is 1. The van der Waals surface area contributed by atoms with E-state index < -0.39 is 5.91 Å². The van der Waals surface area contributed by atoms with Gasteiger partial charge in [-0.3, -0.25) is 15.2 Å². The quantitative estimate of drug-likeness (QED) is 0.544. The molecule has 9 nitrogen and oxygen atoms in total. The van der Waals surface area contributed by atoms with E-state index in [0.29, 0.717) is 22.8 Å². The first-order valence-corrected chi connectivity index (χ1v) is 8.45. The summed E-state index contributed by atoms with van der Waals surface area (Å²) < 4.78 is 16.2. The zero-order chi connectivity index (χ0) is 19.7. The third-order valence-corrected chi connectivity index (χ3v) is 4.10. The predicted octanol–water partition coefficient (Wildman–Crippen LogP) is 3.60. The number of rotatable bonds is 5.